The van der Waals surface area contributed by atoms with Gasteiger partial charge in [0.2, 0.25) is 0 Å². The van der Waals surface area contributed by atoms with Crippen LogP contribution in [0.2, 0.25) is 0 Å². The molecule has 4 nitrogen and oxygen atoms in total. The highest BCUT2D eigenvalue weighted by atomic mass is 16.5. The van der Waals surface area contributed by atoms with Crippen LogP contribution in [0.15, 0.2) is 74.5 Å². The minimum atomic E-state index is -0.385. The highest BCUT2D eigenvalue weighted by molar-refractivity contribution is 5.62. The Labute approximate surface area is 141 Å². The first kappa shape index (κ1) is 17.3. The van der Waals surface area contributed by atoms with Crippen molar-refractivity contribution in [2.75, 3.05) is 7.11 Å². The van der Waals surface area contributed by atoms with E-state index in [9.17, 15) is 4.79 Å². The van der Waals surface area contributed by atoms with Crippen LogP contribution in [0.5, 0.6) is 5.75 Å². The molecule has 0 saturated carbocycles. The number of methoxy groups -OCH3 is 1. The summed E-state index contributed by atoms with van der Waals surface area (Å²) in [4.78, 5) is 11.8. The molecule has 0 fully saturated rings. The molecule has 2 aromatic heterocycles. The predicted octanol–water partition coefficient (Wildman–Crippen LogP) is 4.78. The lowest BCUT2D eigenvalue weighted by Gasteiger charge is -2.05. The molecule has 2 heterocycles. The van der Waals surface area contributed by atoms with E-state index in [2.05, 4.69) is 0 Å². The van der Waals surface area contributed by atoms with Gasteiger partial charge in [-0.3, -0.25) is 0 Å². The molecule has 124 valence electrons. The van der Waals surface area contributed by atoms with Gasteiger partial charge >= 0.3 is 5.63 Å². The average Bonchev–Trinajstić information content (AvgIpc) is 3.09. The van der Waals surface area contributed by atoms with Crippen LogP contribution in [-0.2, 0) is 0 Å². The topological polar surface area (TPSA) is 52.6 Å². The summed E-state index contributed by atoms with van der Waals surface area (Å²) in [7, 11) is 1.53. The van der Waals surface area contributed by atoms with Crippen molar-refractivity contribution in [2.24, 2.45) is 0 Å². The second-order valence-electron chi connectivity index (χ2n) is 5.09. The molecule has 2 aromatic rings. The highest BCUT2D eigenvalue weighted by Gasteiger charge is 2.08. The number of ether oxygens (including phenoxy) is 1. The van der Waals surface area contributed by atoms with E-state index in [1.807, 2.05) is 61.6 Å². The maximum absolute atomic E-state index is 11.8. The van der Waals surface area contributed by atoms with Gasteiger partial charge in [-0.15, -0.1) is 0 Å². The molecule has 0 aliphatic heterocycles. The molecular formula is C20H20O4. The van der Waals surface area contributed by atoms with Gasteiger partial charge < -0.3 is 13.6 Å². The van der Waals surface area contributed by atoms with Crippen molar-refractivity contribution in [1.82, 2.24) is 0 Å². The SMILES string of the molecule is COc1cc(/C(C)=C/C=C/C=C/C=C/c2ccco2)oc(=O)c1C. The minimum absolute atomic E-state index is 0.385. The largest absolute Gasteiger partial charge is 0.496 e. The standard InChI is InChI=1S/C20H20O4/c1-15(18-14-19(22-3)16(2)20(21)24-18)10-7-5-4-6-8-11-17-12-9-13-23-17/h4-14H,1-3H3/b6-4+,7-5+,11-8+,15-10+. The molecule has 24 heavy (non-hydrogen) atoms. The molecule has 0 atom stereocenters. The average molecular weight is 324 g/mol. The Morgan fingerprint density at radius 2 is 1.92 bits per heavy atom. The normalized spacial score (nSPS) is 12.7. The number of allylic oxidation sites excluding steroid dienone is 7. The third-order valence-electron chi connectivity index (χ3n) is 3.34. The number of rotatable bonds is 6. The fourth-order valence-electron chi connectivity index (χ4n) is 1.95. The molecule has 4 heteroatoms. The molecule has 0 aliphatic rings. The Morgan fingerprint density at radius 1 is 1.17 bits per heavy atom. The Hall–Kier alpha value is -3.01. The summed E-state index contributed by atoms with van der Waals surface area (Å²) in [5.74, 6) is 1.83. The predicted molar refractivity (Wildman–Crippen MR) is 95.9 cm³/mol. The summed E-state index contributed by atoms with van der Waals surface area (Å²) >= 11 is 0. The number of hydrogen-bond donors (Lipinski definition) is 0. The monoisotopic (exact) mass is 324 g/mol. The summed E-state index contributed by atoms with van der Waals surface area (Å²) in [5, 5.41) is 0. The fourth-order valence-corrected chi connectivity index (χ4v) is 1.95. The molecule has 2 rings (SSSR count). The molecule has 0 aliphatic carbocycles. The van der Waals surface area contributed by atoms with E-state index in [0.29, 0.717) is 17.1 Å². The molecular weight excluding hydrogens is 304 g/mol. The lowest BCUT2D eigenvalue weighted by Crippen LogP contribution is -2.06. The lowest BCUT2D eigenvalue weighted by molar-refractivity contribution is 0.395. The van der Waals surface area contributed by atoms with E-state index in [0.717, 1.165) is 11.3 Å². The van der Waals surface area contributed by atoms with Gasteiger partial charge in [0.25, 0.3) is 0 Å². The highest BCUT2D eigenvalue weighted by Crippen LogP contribution is 2.20. The van der Waals surface area contributed by atoms with Gasteiger partial charge in [0.1, 0.15) is 17.3 Å². The summed E-state index contributed by atoms with van der Waals surface area (Å²) in [6.45, 7) is 3.55. The van der Waals surface area contributed by atoms with Gasteiger partial charge in [0, 0.05) is 6.07 Å². The molecule has 0 spiro atoms. The first-order valence-corrected chi connectivity index (χ1v) is 7.52. The Balaban J connectivity index is 2.01. The second-order valence-corrected chi connectivity index (χ2v) is 5.09. The number of hydrogen-bond acceptors (Lipinski definition) is 4. The maximum Gasteiger partial charge on any atom is 0.342 e. The van der Waals surface area contributed by atoms with Gasteiger partial charge in [-0.25, -0.2) is 4.79 Å². The van der Waals surface area contributed by atoms with Crippen LogP contribution < -0.4 is 10.4 Å². The third-order valence-corrected chi connectivity index (χ3v) is 3.34. The van der Waals surface area contributed by atoms with Crippen LogP contribution in [0, 0.1) is 6.92 Å². The molecule has 0 radical (unpaired) electrons. The zero-order valence-corrected chi connectivity index (χ0v) is 14.0. The fraction of sp³-hybridized carbons (Fsp3) is 0.150. The second kappa shape index (κ2) is 8.58. The van der Waals surface area contributed by atoms with Crippen LogP contribution in [0.25, 0.3) is 11.6 Å². The Bertz CT molecular complexity index is 831. The van der Waals surface area contributed by atoms with Gasteiger partial charge in [0.05, 0.1) is 18.9 Å². The van der Waals surface area contributed by atoms with Crippen molar-refractivity contribution in [3.63, 3.8) is 0 Å². The van der Waals surface area contributed by atoms with Gasteiger partial charge in [-0.1, -0.05) is 36.5 Å². The summed E-state index contributed by atoms with van der Waals surface area (Å²) in [6, 6.07) is 5.45. The Morgan fingerprint density at radius 3 is 2.62 bits per heavy atom. The lowest BCUT2D eigenvalue weighted by atomic mass is 10.1. The van der Waals surface area contributed by atoms with Gasteiger partial charge in [0.15, 0.2) is 0 Å². The van der Waals surface area contributed by atoms with Crippen molar-refractivity contribution >= 4 is 11.6 Å². The smallest absolute Gasteiger partial charge is 0.342 e. The van der Waals surface area contributed by atoms with E-state index >= 15 is 0 Å². The zero-order valence-electron chi connectivity index (χ0n) is 14.0. The van der Waals surface area contributed by atoms with E-state index in [1.165, 1.54) is 7.11 Å². The molecule has 0 bridgehead atoms. The van der Waals surface area contributed by atoms with E-state index < -0.39 is 0 Å². The number of furan rings is 1. The van der Waals surface area contributed by atoms with E-state index in [1.54, 1.807) is 19.3 Å². The summed E-state index contributed by atoms with van der Waals surface area (Å²) < 4.78 is 15.6. The molecule has 0 amide bonds. The third kappa shape index (κ3) is 4.74. The first-order chi connectivity index (χ1) is 11.6. The molecule has 0 saturated heterocycles. The zero-order chi connectivity index (χ0) is 17.4. The van der Waals surface area contributed by atoms with Crippen LogP contribution >= 0.6 is 0 Å². The minimum Gasteiger partial charge on any atom is -0.496 e. The first-order valence-electron chi connectivity index (χ1n) is 7.52. The van der Waals surface area contributed by atoms with Crippen molar-refractivity contribution in [2.45, 2.75) is 13.8 Å². The Kier molecular flexibility index (Phi) is 6.20. The van der Waals surface area contributed by atoms with Gasteiger partial charge in [-0.2, -0.15) is 0 Å². The van der Waals surface area contributed by atoms with Crippen LogP contribution in [0.3, 0.4) is 0 Å². The van der Waals surface area contributed by atoms with Crippen LogP contribution in [0.1, 0.15) is 24.0 Å². The molecule has 0 aromatic carbocycles. The van der Waals surface area contributed by atoms with E-state index in [4.69, 9.17) is 13.6 Å². The molecule has 0 unspecified atom stereocenters. The summed E-state index contributed by atoms with van der Waals surface area (Å²) in [6.07, 6.45) is 14.8. The van der Waals surface area contributed by atoms with Crippen LogP contribution in [0.4, 0.5) is 0 Å². The van der Waals surface area contributed by atoms with Crippen molar-refractivity contribution in [1.29, 1.82) is 0 Å². The maximum atomic E-state index is 11.8. The van der Waals surface area contributed by atoms with E-state index in [-0.39, 0.29) is 5.63 Å². The van der Waals surface area contributed by atoms with Crippen molar-refractivity contribution in [3.05, 3.63) is 88.4 Å². The van der Waals surface area contributed by atoms with Crippen LogP contribution in [-0.4, -0.2) is 7.11 Å². The summed E-state index contributed by atoms with van der Waals surface area (Å²) in [5.41, 5.74) is 0.918. The van der Waals surface area contributed by atoms with Gasteiger partial charge in [-0.05, 0) is 37.6 Å². The quantitative estimate of drug-likeness (QED) is 0.718. The molecule has 0 N–H and O–H groups in total. The van der Waals surface area contributed by atoms with Crippen molar-refractivity contribution < 1.29 is 13.6 Å². The van der Waals surface area contributed by atoms with Crippen molar-refractivity contribution in [3.8, 4) is 5.75 Å².